The molecule has 0 atom stereocenters. The summed E-state index contributed by atoms with van der Waals surface area (Å²) in [5.41, 5.74) is 3.11. The van der Waals surface area contributed by atoms with Gasteiger partial charge in [0, 0.05) is 43.0 Å². The Kier molecular flexibility index (Phi) is 4.76. The molecule has 0 aliphatic rings. The summed E-state index contributed by atoms with van der Waals surface area (Å²) in [7, 11) is 1.53. The molecule has 3 aromatic heterocycles. The van der Waals surface area contributed by atoms with Gasteiger partial charge >= 0.3 is 0 Å². The number of nitrogens with zero attached hydrogens (tertiary/aromatic N) is 3. The van der Waals surface area contributed by atoms with E-state index in [0.29, 0.717) is 18.0 Å². The second-order valence-electron chi connectivity index (χ2n) is 5.02. The fourth-order valence-corrected chi connectivity index (χ4v) is 2.26. The second kappa shape index (κ2) is 7.32. The minimum Gasteiger partial charge on any atom is -0.481 e. The SMILES string of the molecule is COc1ccc(C(=O)NCc2cccnc2-c2cccnc2)cn1. The highest BCUT2D eigenvalue weighted by atomic mass is 16.5. The number of aromatic nitrogens is 3. The summed E-state index contributed by atoms with van der Waals surface area (Å²) in [6.07, 6.45) is 6.67. The van der Waals surface area contributed by atoms with E-state index in [2.05, 4.69) is 20.3 Å². The van der Waals surface area contributed by atoms with Crippen molar-refractivity contribution in [1.29, 1.82) is 0 Å². The number of carbonyl (C=O) groups excluding carboxylic acids is 1. The number of pyridine rings is 3. The van der Waals surface area contributed by atoms with Crippen LogP contribution in [-0.2, 0) is 6.54 Å². The van der Waals surface area contributed by atoms with Gasteiger partial charge in [-0.1, -0.05) is 6.07 Å². The summed E-state index contributed by atoms with van der Waals surface area (Å²) < 4.78 is 4.99. The molecule has 3 rings (SSSR count). The summed E-state index contributed by atoms with van der Waals surface area (Å²) in [6, 6.07) is 10.9. The molecule has 0 aromatic carbocycles. The maximum Gasteiger partial charge on any atom is 0.253 e. The highest BCUT2D eigenvalue weighted by Gasteiger charge is 2.10. The smallest absolute Gasteiger partial charge is 0.253 e. The molecule has 1 amide bonds. The van der Waals surface area contributed by atoms with Crippen LogP contribution < -0.4 is 10.1 Å². The predicted molar refractivity (Wildman–Crippen MR) is 89.4 cm³/mol. The third-order valence-electron chi connectivity index (χ3n) is 3.47. The van der Waals surface area contributed by atoms with Crippen molar-refractivity contribution < 1.29 is 9.53 Å². The Morgan fingerprint density at radius 3 is 2.67 bits per heavy atom. The summed E-state index contributed by atoms with van der Waals surface area (Å²) in [4.78, 5) is 24.8. The number of hydrogen-bond acceptors (Lipinski definition) is 5. The van der Waals surface area contributed by atoms with Crippen molar-refractivity contribution in [3.63, 3.8) is 0 Å². The van der Waals surface area contributed by atoms with E-state index in [1.54, 1.807) is 30.7 Å². The first-order valence-electron chi connectivity index (χ1n) is 7.40. The van der Waals surface area contributed by atoms with Gasteiger partial charge in [0.25, 0.3) is 5.91 Å². The van der Waals surface area contributed by atoms with Gasteiger partial charge in [0.05, 0.1) is 18.4 Å². The number of nitrogens with one attached hydrogen (secondary N) is 1. The van der Waals surface area contributed by atoms with E-state index in [1.165, 1.54) is 13.3 Å². The highest BCUT2D eigenvalue weighted by Crippen LogP contribution is 2.19. The number of ether oxygens (including phenoxy) is 1. The molecule has 0 aliphatic carbocycles. The van der Waals surface area contributed by atoms with Crippen LogP contribution >= 0.6 is 0 Å². The fourth-order valence-electron chi connectivity index (χ4n) is 2.26. The van der Waals surface area contributed by atoms with Gasteiger partial charge in [-0.25, -0.2) is 4.98 Å². The number of amides is 1. The zero-order valence-electron chi connectivity index (χ0n) is 13.1. The molecule has 0 saturated heterocycles. The first-order valence-corrected chi connectivity index (χ1v) is 7.40. The first-order chi connectivity index (χ1) is 11.8. The monoisotopic (exact) mass is 320 g/mol. The Labute approximate surface area is 139 Å². The van der Waals surface area contributed by atoms with Gasteiger partial charge in [-0.2, -0.15) is 0 Å². The average Bonchev–Trinajstić information content (AvgIpc) is 2.67. The van der Waals surface area contributed by atoms with E-state index in [9.17, 15) is 4.79 Å². The van der Waals surface area contributed by atoms with E-state index in [0.717, 1.165) is 16.8 Å². The van der Waals surface area contributed by atoms with Gasteiger partial charge in [0.1, 0.15) is 0 Å². The summed E-state index contributed by atoms with van der Waals surface area (Å²) in [5, 5.41) is 2.88. The van der Waals surface area contributed by atoms with E-state index >= 15 is 0 Å². The van der Waals surface area contributed by atoms with Crippen molar-refractivity contribution in [2.45, 2.75) is 6.54 Å². The minimum absolute atomic E-state index is 0.203. The number of methoxy groups -OCH3 is 1. The van der Waals surface area contributed by atoms with Crippen LogP contribution in [0.3, 0.4) is 0 Å². The molecule has 120 valence electrons. The molecule has 24 heavy (non-hydrogen) atoms. The van der Waals surface area contributed by atoms with Gasteiger partial charge in [-0.05, 0) is 29.8 Å². The van der Waals surface area contributed by atoms with E-state index in [1.807, 2.05) is 24.3 Å². The summed E-state index contributed by atoms with van der Waals surface area (Å²) in [6.45, 7) is 0.364. The van der Waals surface area contributed by atoms with Crippen LogP contribution in [0, 0.1) is 0 Å². The summed E-state index contributed by atoms with van der Waals surface area (Å²) in [5.74, 6) is 0.267. The van der Waals surface area contributed by atoms with Gasteiger partial charge < -0.3 is 10.1 Å². The molecule has 6 heteroatoms. The first kappa shape index (κ1) is 15.6. The highest BCUT2D eigenvalue weighted by molar-refractivity contribution is 5.93. The number of carbonyl (C=O) groups is 1. The maximum atomic E-state index is 12.2. The molecule has 6 nitrogen and oxygen atoms in total. The van der Waals surface area contributed by atoms with E-state index < -0.39 is 0 Å². The Morgan fingerprint density at radius 1 is 1.08 bits per heavy atom. The third kappa shape index (κ3) is 3.55. The van der Waals surface area contributed by atoms with Crippen LogP contribution in [0.4, 0.5) is 0 Å². The molecule has 0 fully saturated rings. The molecule has 0 radical (unpaired) electrons. The Balaban J connectivity index is 1.74. The minimum atomic E-state index is -0.203. The zero-order chi connectivity index (χ0) is 16.8. The molecular formula is C18H16N4O2. The Bertz CT molecular complexity index is 820. The average molecular weight is 320 g/mol. The largest absolute Gasteiger partial charge is 0.481 e. The second-order valence-corrected chi connectivity index (χ2v) is 5.02. The molecule has 3 heterocycles. The van der Waals surface area contributed by atoms with Crippen molar-refractivity contribution in [3.8, 4) is 17.1 Å². The van der Waals surface area contributed by atoms with Crippen LogP contribution in [0.5, 0.6) is 5.88 Å². The summed E-state index contributed by atoms with van der Waals surface area (Å²) >= 11 is 0. The lowest BCUT2D eigenvalue weighted by Crippen LogP contribution is -2.23. The molecule has 0 aliphatic heterocycles. The number of rotatable bonds is 5. The Hall–Kier alpha value is -3.28. The lowest BCUT2D eigenvalue weighted by atomic mass is 10.1. The molecule has 1 N–H and O–H groups in total. The molecule has 3 aromatic rings. The van der Waals surface area contributed by atoms with Gasteiger partial charge in [0.15, 0.2) is 0 Å². The van der Waals surface area contributed by atoms with Crippen LogP contribution in [0.25, 0.3) is 11.3 Å². The van der Waals surface area contributed by atoms with Gasteiger partial charge in [-0.15, -0.1) is 0 Å². The molecule has 0 bridgehead atoms. The predicted octanol–water partition coefficient (Wildman–Crippen LogP) is 2.48. The van der Waals surface area contributed by atoms with Crippen molar-refractivity contribution in [2.75, 3.05) is 7.11 Å². The van der Waals surface area contributed by atoms with E-state index in [-0.39, 0.29) is 5.91 Å². The van der Waals surface area contributed by atoms with Crippen LogP contribution in [0.2, 0.25) is 0 Å². The number of hydrogen-bond donors (Lipinski definition) is 1. The van der Waals surface area contributed by atoms with Gasteiger partial charge in [0.2, 0.25) is 5.88 Å². The van der Waals surface area contributed by atoms with Crippen molar-refractivity contribution >= 4 is 5.91 Å². The lowest BCUT2D eigenvalue weighted by Gasteiger charge is -2.10. The molecule has 0 saturated carbocycles. The van der Waals surface area contributed by atoms with Crippen molar-refractivity contribution in [3.05, 3.63) is 72.3 Å². The topological polar surface area (TPSA) is 77.0 Å². The maximum absolute atomic E-state index is 12.2. The van der Waals surface area contributed by atoms with Gasteiger partial charge in [-0.3, -0.25) is 14.8 Å². The standard InChI is InChI=1S/C18H16N4O2/c1-24-16-7-6-15(12-21-16)18(23)22-11-14-5-3-9-20-17(14)13-4-2-8-19-10-13/h2-10,12H,11H2,1H3,(H,22,23). The lowest BCUT2D eigenvalue weighted by molar-refractivity contribution is 0.0950. The van der Waals surface area contributed by atoms with Crippen LogP contribution in [-0.4, -0.2) is 28.0 Å². The quantitative estimate of drug-likeness (QED) is 0.781. The normalized spacial score (nSPS) is 10.2. The van der Waals surface area contributed by atoms with Crippen molar-refractivity contribution in [1.82, 2.24) is 20.3 Å². The van der Waals surface area contributed by atoms with Crippen LogP contribution in [0.1, 0.15) is 15.9 Å². The third-order valence-corrected chi connectivity index (χ3v) is 3.47. The van der Waals surface area contributed by atoms with Crippen LogP contribution in [0.15, 0.2) is 61.2 Å². The molecule has 0 spiro atoms. The molecular weight excluding hydrogens is 304 g/mol. The Morgan fingerprint density at radius 2 is 1.96 bits per heavy atom. The van der Waals surface area contributed by atoms with Crippen molar-refractivity contribution in [2.24, 2.45) is 0 Å². The van der Waals surface area contributed by atoms with E-state index in [4.69, 9.17) is 4.74 Å². The zero-order valence-corrected chi connectivity index (χ0v) is 13.1. The fraction of sp³-hybridized carbons (Fsp3) is 0.111. The molecule has 0 unspecified atom stereocenters.